The summed E-state index contributed by atoms with van der Waals surface area (Å²) in [4.78, 5) is 3.18. The van der Waals surface area contributed by atoms with E-state index in [4.69, 9.17) is 15.3 Å². The maximum absolute atomic E-state index is 11.5. The molecule has 0 amide bonds. The fourth-order valence-electron chi connectivity index (χ4n) is 0.939. The molecular weight excluding hydrogens is 159 g/mol. The highest BCUT2D eigenvalue weighted by Gasteiger charge is 2.43. The minimum Gasteiger partial charge on any atom is -0.394 e. The van der Waals surface area contributed by atoms with Crippen LogP contribution in [0.1, 0.15) is 0 Å². The van der Waals surface area contributed by atoms with Crippen molar-refractivity contribution in [2.75, 3.05) is 6.61 Å². The zero-order valence-corrected chi connectivity index (χ0v) is 5.55. The summed E-state index contributed by atoms with van der Waals surface area (Å²) in [5.74, 6) is 0. The van der Waals surface area contributed by atoms with E-state index >= 15 is 0 Å². The van der Waals surface area contributed by atoms with Crippen LogP contribution < -0.4 is 0 Å². The molecule has 0 aromatic heterocycles. The average molecular weight is 168 g/mol. The number of aliphatic hydroxyl groups is 3. The van der Waals surface area contributed by atoms with E-state index in [0.717, 1.165) is 0 Å². The molecule has 4 atom stereocenters. The van der Waals surface area contributed by atoms with Gasteiger partial charge in [-0.3, -0.25) is 0 Å². The molecule has 1 aliphatic heterocycles. The van der Waals surface area contributed by atoms with Gasteiger partial charge in [-0.05, 0) is 4.53 Å². The zero-order valence-electron chi connectivity index (χ0n) is 5.55. The summed E-state index contributed by atoms with van der Waals surface area (Å²) in [6.45, 7) is -0.488. The third kappa shape index (κ3) is 1.49. The summed E-state index contributed by atoms with van der Waals surface area (Å²) >= 11 is 0. The monoisotopic (exact) mass is 168 g/mol. The molecule has 0 radical (unpaired) electrons. The highest BCUT2D eigenvalue weighted by atomic mass is 19.3. The Hall–Kier alpha value is -0.270. The van der Waals surface area contributed by atoms with E-state index in [2.05, 4.69) is 9.68 Å². The van der Waals surface area contributed by atoms with Crippen LogP contribution in [0.15, 0.2) is 0 Å². The molecule has 1 heterocycles. The van der Waals surface area contributed by atoms with Crippen LogP contribution in [0.5, 0.6) is 0 Å². The normalized spacial score (nSPS) is 44.7. The number of rotatable bonds is 2. The molecule has 0 bridgehead atoms. The molecule has 6 heteroatoms. The molecule has 1 rings (SSSR count). The topological polar surface area (TPSA) is 79.2 Å². The second-order valence-corrected chi connectivity index (χ2v) is 2.30. The second-order valence-electron chi connectivity index (χ2n) is 2.30. The first kappa shape index (κ1) is 8.82. The Morgan fingerprint density at radius 2 is 2.00 bits per heavy atom. The van der Waals surface area contributed by atoms with Gasteiger partial charge in [0.25, 0.3) is 0 Å². The van der Waals surface area contributed by atoms with E-state index in [0.29, 0.717) is 0 Å². The molecule has 1 aliphatic rings. The molecule has 11 heavy (non-hydrogen) atoms. The molecule has 0 aliphatic carbocycles. The van der Waals surface area contributed by atoms with Gasteiger partial charge in [0.2, 0.25) is 6.29 Å². The number of aliphatic hydroxyl groups excluding tert-OH is 3. The first-order valence-corrected chi connectivity index (χ1v) is 3.10. The van der Waals surface area contributed by atoms with E-state index in [9.17, 15) is 4.53 Å². The van der Waals surface area contributed by atoms with Crippen molar-refractivity contribution in [3.8, 4) is 0 Å². The van der Waals surface area contributed by atoms with E-state index in [1.165, 1.54) is 0 Å². The molecule has 1 fully saturated rings. The summed E-state index contributed by atoms with van der Waals surface area (Å²) in [5.41, 5.74) is 0. The van der Waals surface area contributed by atoms with E-state index in [-0.39, 0.29) is 0 Å². The molecule has 0 aromatic rings. The van der Waals surface area contributed by atoms with Gasteiger partial charge in [-0.1, -0.05) is 0 Å². The molecule has 0 saturated carbocycles. The average Bonchev–Trinajstić information content (AvgIpc) is 2.30. The summed E-state index contributed by atoms with van der Waals surface area (Å²) in [6.07, 6.45) is -5.23. The van der Waals surface area contributed by atoms with Crippen LogP contribution in [0.4, 0.5) is 4.53 Å². The first-order valence-electron chi connectivity index (χ1n) is 3.10. The van der Waals surface area contributed by atoms with Crippen LogP contribution >= 0.6 is 0 Å². The highest BCUT2D eigenvalue weighted by molar-refractivity contribution is 4.85. The Morgan fingerprint density at radius 1 is 1.36 bits per heavy atom. The minimum atomic E-state index is -1.50. The van der Waals surface area contributed by atoms with Gasteiger partial charge in [-0.25, -0.2) is 0 Å². The molecule has 0 unspecified atom stereocenters. The van der Waals surface area contributed by atoms with Crippen molar-refractivity contribution in [1.29, 1.82) is 0 Å². The van der Waals surface area contributed by atoms with Crippen LogP contribution in [0.3, 0.4) is 0 Å². The Morgan fingerprint density at radius 3 is 2.27 bits per heavy atom. The molecular formula is C5H9FO5. The Labute approximate surface area is 61.9 Å². The van der Waals surface area contributed by atoms with Crippen molar-refractivity contribution in [3.63, 3.8) is 0 Å². The van der Waals surface area contributed by atoms with Gasteiger partial charge in [0, 0.05) is 0 Å². The van der Waals surface area contributed by atoms with Gasteiger partial charge in [0.15, 0.2) is 0 Å². The van der Waals surface area contributed by atoms with Gasteiger partial charge in [-0.15, -0.1) is 0 Å². The molecule has 1 saturated heterocycles. The maximum atomic E-state index is 11.5. The summed E-state index contributed by atoms with van der Waals surface area (Å²) in [7, 11) is 0. The van der Waals surface area contributed by atoms with Crippen LogP contribution in [0.2, 0.25) is 0 Å². The Kier molecular flexibility index (Phi) is 2.74. The number of halogens is 1. The number of ether oxygens (including phenoxy) is 1. The fraction of sp³-hybridized carbons (Fsp3) is 1.00. The van der Waals surface area contributed by atoms with Crippen molar-refractivity contribution in [1.82, 2.24) is 0 Å². The van der Waals surface area contributed by atoms with Crippen molar-refractivity contribution in [3.05, 3.63) is 0 Å². The van der Waals surface area contributed by atoms with Gasteiger partial charge < -0.3 is 20.1 Å². The summed E-state index contributed by atoms with van der Waals surface area (Å²) in [6, 6.07) is 0. The molecule has 66 valence electrons. The smallest absolute Gasteiger partial charge is 0.225 e. The van der Waals surface area contributed by atoms with Crippen LogP contribution in [-0.4, -0.2) is 46.5 Å². The molecule has 0 aromatic carbocycles. The molecule has 3 N–H and O–H groups in total. The van der Waals surface area contributed by atoms with Crippen molar-refractivity contribution < 1.29 is 29.5 Å². The second kappa shape index (κ2) is 3.42. The standard InChI is InChI=1S/C5H9FO5/c6-11-5-4(9)3(8)2(1-7)10-5/h2-5,7-9H,1H2/t2-,3-,4+,5+/m0/s1. The largest absolute Gasteiger partial charge is 0.394 e. The number of hydrogen-bond donors (Lipinski definition) is 3. The SMILES string of the molecule is OC[C@@H]1O[C@H](OF)[C@H](O)[C@H]1O. The lowest BCUT2D eigenvalue weighted by molar-refractivity contribution is -0.287. The van der Waals surface area contributed by atoms with E-state index < -0.39 is 31.2 Å². The van der Waals surface area contributed by atoms with Crippen LogP contribution in [0.25, 0.3) is 0 Å². The van der Waals surface area contributed by atoms with Crippen molar-refractivity contribution >= 4 is 0 Å². The quantitative estimate of drug-likeness (QED) is 0.459. The maximum Gasteiger partial charge on any atom is 0.225 e. The van der Waals surface area contributed by atoms with Gasteiger partial charge in [-0.2, -0.15) is 4.94 Å². The first-order chi connectivity index (χ1) is 5.20. The lowest BCUT2D eigenvalue weighted by atomic mass is 10.1. The van der Waals surface area contributed by atoms with Gasteiger partial charge in [0.05, 0.1) is 6.61 Å². The predicted molar refractivity (Wildman–Crippen MR) is 30.0 cm³/mol. The summed E-state index contributed by atoms with van der Waals surface area (Å²) in [5, 5.41) is 26.4. The van der Waals surface area contributed by atoms with Crippen molar-refractivity contribution in [2.45, 2.75) is 24.6 Å². The fourth-order valence-corrected chi connectivity index (χ4v) is 0.939. The lowest BCUT2D eigenvalue weighted by Gasteiger charge is -2.09. The van der Waals surface area contributed by atoms with Gasteiger partial charge in [0.1, 0.15) is 18.3 Å². The minimum absolute atomic E-state index is 0.488. The molecule has 5 nitrogen and oxygen atoms in total. The van der Waals surface area contributed by atoms with Gasteiger partial charge >= 0.3 is 0 Å². The van der Waals surface area contributed by atoms with Crippen molar-refractivity contribution in [2.24, 2.45) is 0 Å². The Bertz CT molecular complexity index is 114. The van der Waals surface area contributed by atoms with E-state index in [1.54, 1.807) is 0 Å². The third-order valence-electron chi connectivity index (χ3n) is 1.59. The summed E-state index contributed by atoms with van der Waals surface area (Å²) < 4.78 is 16.0. The number of hydrogen-bond acceptors (Lipinski definition) is 5. The predicted octanol–water partition coefficient (Wildman–Crippen LogP) is -1.67. The Balaban J connectivity index is 2.53. The lowest BCUT2D eigenvalue weighted by Crippen LogP contribution is -2.33. The van der Waals surface area contributed by atoms with E-state index in [1.807, 2.05) is 0 Å². The molecule has 0 spiro atoms. The highest BCUT2D eigenvalue weighted by Crippen LogP contribution is 2.21. The van der Waals surface area contributed by atoms with Crippen LogP contribution in [0, 0.1) is 0 Å². The zero-order chi connectivity index (χ0) is 8.43. The van der Waals surface area contributed by atoms with Crippen LogP contribution in [-0.2, 0) is 9.68 Å². The third-order valence-corrected chi connectivity index (χ3v) is 1.59.